The van der Waals surface area contributed by atoms with Crippen LogP contribution in [0.3, 0.4) is 0 Å². The van der Waals surface area contributed by atoms with E-state index in [0.717, 1.165) is 0 Å². The Bertz CT molecular complexity index is 687. The lowest BCUT2D eigenvalue weighted by atomic mass is 10.1. The molecule has 4 atom stereocenters. The SMILES string of the molecule is NCCOCCOCCNC1CN=CNc2c(N)ncnc2OC2COP(O)OC12. The van der Waals surface area contributed by atoms with E-state index in [9.17, 15) is 4.89 Å². The highest BCUT2D eigenvalue weighted by molar-refractivity contribution is 7.40. The predicted octanol–water partition coefficient (Wildman–Crippen LogP) is -1.16. The summed E-state index contributed by atoms with van der Waals surface area (Å²) in [5.41, 5.74) is 11.7. The number of nitrogen functional groups attached to an aromatic ring is 1. The zero-order valence-corrected chi connectivity index (χ0v) is 17.4. The molecule has 1 fully saturated rings. The fourth-order valence-corrected chi connectivity index (χ4v) is 3.73. The maximum absolute atomic E-state index is 9.90. The first kappa shape index (κ1) is 23.0. The Morgan fingerprint density at radius 1 is 1.27 bits per heavy atom. The van der Waals surface area contributed by atoms with E-state index in [2.05, 4.69) is 25.6 Å². The first-order valence-electron chi connectivity index (χ1n) is 9.58. The van der Waals surface area contributed by atoms with Gasteiger partial charge in [0.05, 0.1) is 52.0 Å². The zero-order valence-electron chi connectivity index (χ0n) is 16.5. The van der Waals surface area contributed by atoms with Gasteiger partial charge in [-0.3, -0.25) is 4.99 Å². The summed E-state index contributed by atoms with van der Waals surface area (Å²) in [6, 6.07) is -0.257. The molecule has 1 saturated heterocycles. The Kier molecular flexibility index (Phi) is 9.36. The van der Waals surface area contributed by atoms with Gasteiger partial charge in [0.1, 0.15) is 18.1 Å². The normalized spacial score (nSPS) is 26.2. The molecule has 0 bridgehead atoms. The third-order valence-electron chi connectivity index (χ3n) is 4.32. The Balaban J connectivity index is 1.60. The highest BCUT2D eigenvalue weighted by Gasteiger charge is 2.40. The van der Waals surface area contributed by atoms with Crippen LogP contribution in [0.4, 0.5) is 11.5 Å². The lowest BCUT2D eigenvalue weighted by molar-refractivity contribution is -0.0431. The minimum atomic E-state index is -2.00. The van der Waals surface area contributed by atoms with Crippen molar-refractivity contribution in [2.75, 3.05) is 63.7 Å². The first-order valence-corrected chi connectivity index (χ1v) is 10.7. The summed E-state index contributed by atoms with van der Waals surface area (Å²) in [6.45, 7) is 3.50. The van der Waals surface area contributed by atoms with Crippen LogP contribution < -0.4 is 26.8 Å². The minimum Gasteiger partial charge on any atom is -0.467 e. The van der Waals surface area contributed by atoms with Crippen molar-refractivity contribution in [2.24, 2.45) is 10.7 Å². The Morgan fingerprint density at radius 2 is 2.10 bits per heavy atom. The Labute approximate surface area is 175 Å². The molecule has 168 valence electrons. The molecule has 30 heavy (non-hydrogen) atoms. The summed E-state index contributed by atoms with van der Waals surface area (Å²) in [5, 5.41) is 6.31. The zero-order chi connectivity index (χ0) is 21.2. The Hall–Kier alpha value is -1.70. The van der Waals surface area contributed by atoms with Gasteiger partial charge in [0.15, 0.2) is 11.9 Å². The monoisotopic (exact) mass is 445 g/mol. The predicted molar refractivity (Wildman–Crippen MR) is 110 cm³/mol. The van der Waals surface area contributed by atoms with E-state index in [1.165, 1.54) is 12.7 Å². The summed E-state index contributed by atoms with van der Waals surface area (Å²) >= 11 is 0. The fourth-order valence-electron chi connectivity index (χ4n) is 2.90. The fraction of sp³-hybridized carbons (Fsp3) is 0.688. The number of anilines is 2. The number of fused-ring (bicyclic) bond motifs is 2. The first-order chi connectivity index (χ1) is 14.7. The molecule has 0 aromatic carbocycles. The third-order valence-corrected chi connectivity index (χ3v) is 5.11. The molecule has 0 amide bonds. The van der Waals surface area contributed by atoms with Crippen molar-refractivity contribution in [2.45, 2.75) is 18.2 Å². The lowest BCUT2D eigenvalue weighted by Crippen LogP contribution is -2.54. The molecule has 2 aliphatic heterocycles. The second kappa shape index (κ2) is 12.2. The van der Waals surface area contributed by atoms with Gasteiger partial charge in [-0.25, -0.2) is 4.98 Å². The van der Waals surface area contributed by atoms with E-state index >= 15 is 0 Å². The molecule has 0 radical (unpaired) electrons. The Morgan fingerprint density at radius 3 is 2.93 bits per heavy atom. The van der Waals surface area contributed by atoms with Gasteiger partial charge >= 0.3 is 8.60 Å². The molecule has 14 heteroatoms. The van der Waals surface area contributed by atoms with Crippen LogP contribution in [0.25, 0.3) is 0 Å². The van der Waals surface area contributed by atoms with Gasteiger partial charge in [-0.2, -0.15) is 4.98 Å². The maximum atomic E-state index is 9.90. The van der Waals surface area contributed by atoms with E-state index in [4.69, 9.17) is 34.7 Å². The second-order valence-corrected chi connectivity index (χ2v) is 7.36. The molecule has 1 aromatic heterocycles. The summed E-state index contributed by atoms with van der Waals surface area (Å²) < 4.78 is 27.7. The lowest BCUT2D eigenvalue weighted by Gasteiger charge is -2.37. The number of hydrogen-bond donors (Lipinski definition) is 5. The highest BCUT2D eigenvalue weighted by Crippen LogP contribution is 2.42. The van der Waals surface area contributed by atoms with Gasteiger partial charge < -0.3 is 50.3 Å². The van der Waals surface area contributed by atoms with E-state index in [-0.39, 0.29) is 24.3 Å². The van der Waals surface area contributed by atoms with Crippen molar-refractivity contribution in [3.63, 3.8) is 0 Å². The number of hydrogen-bond acceptors (Lipinski definition) is 13. The molecule has 4 unspecified atom stereocenters. The number of ether oxygens (including phenoxy) is 3. The van der Waals surface area contributed by atoms with Crippen molar-refractivity contribution in [3.05, 3.63) is 6.33 Å². The number of aromatic nitrogens is 2. The molecule has 2 aliphatic rings. The molecular weight excluding hydrogens is 417 g/mol. The van der Waals surface area contributed by atoms with Crippen LogP contribution in [0.15, 0.2) is 11.3 Å². The molecule has 7 N–H and O–H groups in total. The number of nitrogens with two attached hydrogens (primary N) is 2. The number of aliphatic imine (C=N–C) groups is 1. The van der Waals surface area contributed by atoms with Gasteiger partial charge in [-0.05, 0) is 0 Å². The van der Waals surface area contributed by atoms with Crippen LogP contribution in [0, 0.1) is 0 Å². The highest BCUT2D eigenvalue weighted by atomic mass is 31.2. The average Bonchev–Trinajstić information content (AvgIpc) is 2.74. The second-order valence-electron chi connectivity index (χ2n) is 6.41. The summed E-state index contributed by atoms with van der Waals surface area (Å²) in [6.07, 6.45) is 1.74. The largest absolute Gasteiger partial charge is 0.467 e. The van der Waals surface area contributed by atoms with Crippen molar-refractivity contribution >= 4 is 26.4 Å². The van der Waals surface area contributed by atoms with Crippen molar-refractivity contribution < 1.29 is 28.2 Å². The summed E-state index contributed by atoms with van der Waals surface area (Å²) in [5.74, 6) is 0.481. The maximum Gasteiger partial charge on any atom is 0.330 e. The minimum absolute atomic E-state index is 0.132. The van der Waals surface area contributed by atoms with Crippen LogP contribution in [0.1, 0.15) is 0 Å². The molecule has 3 rings (SSSR count). The van der Waals surface area contributed by atoms with Gasteiger partial charge in [0.25, 0.3) is 0 Å². The summed E-state index contributed by atoms with van der Waals surface area (Å²) in [7, 11) is -2.00. The van der Waals surface area contributed by atoms with Crippen molar-refractivity contribution in [3.8, 4) is 5.88 Å². The number of nitrogens with one attached hydrogen (secondary N) is 2. The van der Waals surface area contributed by atoms with Gasteiger partial charge in [-0.15, -0.1) is 0 Å². The molecule has 0 aliphatic carbocycles. The quantitative estimate of drug-likeness (QED) is 0.228. The third kappa shape index (κ3) is 6.65. The van der Waals surface area contributed by atoms with Crippen LogP contribution in [0.2, 0.25) is 0 Å². The van der Waals surface area contributed by atoms with Gasteiger partial charge in [0, 0.05) is 13.1 Å². The van der Waals surface area contributed by atoms with Crippen molar-refractivity contribution in [1.29, 1.82) is 0 Å². The average molecular weight is 445 g/mol. The molecule has 0 spiro atoms. The van der Waals surface area contributed by atoms with E-state index in [1.807, 2.05) is 0 Å². The van der Waals surface area contributed by atoms with Crippen LogP contribution in [0.5, 0.6) is 5.88 Å². The number of nitrogens with zero attached hydrogens (tertiary/aromatic N) is 3. The van der Waals surface area contributed by atoms with E-state index < -0.39 is 20.8 Å². The standard InChI is InChI=1S/C16H28N7O6P/c17-1-3-25-5-6-26-4-2-20-11-7-19-9-21-13-15(18)22-10-23-16(13)28-12-8-27-30(24)29-14(11)12/h9-12,14,20,24H,1-8,17H2,(H,19,21)(H2,18,22,23). The van der Waals surface area contributed by atoms with E-state index in [0.29, 0.717) is 51.7 Å². The number of rotatable bonds is 9. The molecular formula is C16H28N7O6P. The van der Waals surface area contributed by atoms with Crippen LogP contribution in [-0.4, -0.2) is 92.1 Å². The van der Waals surface area contributed by atoms with E-state index in [1.54, 1.807) is 0 Å². The van der Waals surface area contributed by atoms with Crippen LogP contribution in [-0.2, 0) is 18.5 Å². The topological polar surface area (TPSA) is 181 Å². The molecule has 3 heterocycles. The molecule has 13 nitrogen and oxygen atoms in total. The van der Waals surface area contributed by atoms with Gasteiger partial charge in [0.2, 0.25) is 5.88 Å². The van der Waals surface area contributed by atoms with Gasteiger partial charge in [-0.1, -0.05) is 0 Å². The summed E-state index contributed by atoms with van der Waals surface area (Å²) in [4.78, 5) is 22.4. The molecule has 1 aromatic rings. The van der Waals surface area contributed by atoms with Crippen LogP contribution >= 0.6 is 8.60 Å². The smallest absolute Gasteiger partial charge is 0.330 e. The molecule has 0 saturated carbocycles. The van der Waals surface area contributed by atoms with Crippen molar-refractivity contribution in [1.82, 2.24) is 15.3 Å².